The molecule has 0 saturated carbocycles. The van der Waals surface area contributed by atoms with Crippen molar-refractivity contribution in [2.75, 3.05) is 52.3 Å². The molecule has 0 radical (unpaired) electrons. The number of likely N-dealkylation sites (N-methyl/N-ethyl adjacent to an activating group) is 3. The van der Waals surface area contributed by atoms with Crippen molar-refractivity contribution in [1.82, 2.24) is 66.3 Å². The van der Waals surface area contributed by atoms with Crippen LogP contribution in [-0.4, -0.2) is 275 Å². The van der Waals surface area contributed by atoms with E-state index in [2.05, 4.69) is 36.9 Å². The number of carbonyl (C=O) groups is 15. The van der Waals surface area contributed by atoms with E-state index in [-0.39, 0.29) is 94.4 Å². The largest absolute Gasteiger partial charge is 0.508 e. The molecule has 7 aromatic rings. The molecule has 37 heteroatoms. The van der Waals surface area contributed by atoms with Gasteiger partial charge < -0.3 is 93.1 Å². The fourth-order valence-electron chi connectivity index (χ4n) is 18.0. The Labute approximate surface area is 791 Å². The van der Waals surface area contributed by atoms with Crippen molar-refractivity contribution in [1.29, 1.82) is 0 Å². The van der Waals surface area contributed by atoms with E-state index in [0.29, 0.717) is 63.7 Å². The summed E-state index contributed by atoms with van der Waals surface area (Å²) in [7, 11) is 3.92. The summed E-state index contributed by atoms with van der Waals surface area (Å²) in [6.45, 7) is 7.99. The van der Waals surface area contributed by atoms with Gasteiger partial charge in [-0.3, -0.25) is 71.9 Å². The molecule has 0 aliphatic carbocycles. The number of hydrogen-bond donors (Lipinski definition) is 12. The number of H-pyrrole nitrogens is 1. The van der Waals surface area contributed by atoms with E-state index in [0.717, 1.165) is 26.5 Å². The maximum Gasteiger partial charge on any atom is 0.246 e. The summed E-state index contributed by atoms with van der Waals surface area (Å²) in [5, 5.41) is 49.7. The number of phenolic OH excluding ortho intramolecular Hbond substituents is 2. The number of phenols is 2. The Morgan fingerprint density at radius 1 is 0.507 bits per heavy atom. The predicted molar refractivity (Wildman–Crippen MR) is 499 cm³/mol. The third-order valence-electron chi connectivity index (χ3n) is 25.7. The van der Waals surface area contributed by atoms with E-state index in [1.54, 1.807) is 119 Å². The Kier molecular flexibility index (Phi) is 36.1. The monoisotopic (exact) mass is 1900 g/mol. The highest BCUT2D eigenvalue weighted by atomic mass is 32.2. The number of unbranched alkanes of at least 4 members (excludes halogenated alkanes) is 1. The van der Waals surface area contributed by atoms with Crippen molar-refractivity contribution in [2.45, 2.75) is 222 Å². The standard InChI is InChI=1S/C99H122F3N15O18S/c1-9-10-25-79-98(134)117-52-66(120)48-83(117)99(135)116-51-63(103)47-80(116)85(122)49-68(56(4)5)94(130)113(7)81(44-57-19-13-11-14-20-57)93(129)110-76(42-60-28-32-65(119)33-29-60)96(132)115-37-36-78(115)92(128)109-74(46-62-50-105-71-24-18-17-23-67(62)71)91(127)108-73(41-59-26-30-64(118)31-27-59)90(126)107-72(38-55(2)3)89(125)111-77(84(121)34-35-86(104)123)53-136-54-87(124)106-75(43-61-39-69(100)88(102)70(101)40-61)95(131)114(8)82(97(133)112(79)6)45-58-21-15-12-16-22-58/h11-24,26-33,39-40,50,55-56,63,66,68,72-83,105,118-120H,9-10,25,34-38,41-49,51-54,103H2,1-8H3,(H2,104,123)(H,106,124)(H,107,126)(H,108,127)(H,109,128)(H,110,129)(H,111,125)/t63-,66-,68+,72+,73+,74+,75+,76+,77+,78-,79+,80+,81+,82+,83-/m1/s1. The second kappa shape index (κ2) is 47.4. The predicted octanol–water partition coefficient (Wildman–Crippen LogP) is 4.68. The SMILES string of the molecule is CCCC[C@H]1C(=O)N2C[C@H](O)C[C@@H]2C(=O)N2C[C@H](N)C[C@H]2C(=O)C[C@@H](C(C)C)C(=O)N(C)[C@@H](Cc2ccccc2)C(=O)N[C@@H](Cc2ccc(O)cc2)C(=O)N2CC[C@@H]2C(=O)N[C@@H](Cc2c[nH]c3ccccc23)C(=O)N[C@@H](Cc2ccc(O)cc2)C(=O)N[C@@H](CC(C)C)C(=O)N[C@H](C(=O)CCC(N)=O)CSCC(=O)N[C@@H](Cc2cc(F)c(F)c(F)c2)C(=O)N(C)[C@@H](Cc2ccccc2)C(=O)N1C. The van der Waals surface area contributed by atoms with Crippen molar-refractivity contribution in [3.05, 3.63) is 203 Å². The summed E-state index contributed by atoms with van der Waals surface area (Å²) < 4.78 is 45.2. The average molecular weight is 1900 g/mol. The van der Waals surface area contributed by atoms with Crippen LogP contribution < -0.4 is 43.4 Å². The number of ketones is 2. The number of hydrogen-bond acceptors (Lipinski definition) is 20. The van der Waals surface area contributed by atoms with Gasteiger partial charge in [0.05, 0.1) is 23.9 Å². The number of benzene rings is 6. The van der Waals surface area contributed by atoms with Gasteiger partial charge in [0, 0.05) is 140 Å². The lowest BCUT2D eigenvalue weighted by Gasteiger charge is -2.42. The van der Waals surface area contributed by atoms with Gasteiger partial charge in [-0.25, -0.2) is 13.2 Å². The third kappa shape index (κ3) is 26.8. The number of Topliss-reactive ketones (excluding diaryl/α,β-unsaturated/α-hetero) is 2. The van der Waals surface area contributed by atoms with Crippen LogP contribution in [0.2, 0.25) is 0 Å². The normalized spacial score (nSPS) is 24.9. The number of nitrogens with one attached hydrogen (secondary N) is 7. The first-order valence-corrected chi connectivity index (χ1v) is 47.1. The maximum absolute atomic E-state index is 15.8. The number of aromatic nitrogens is 1. The Morgan fingerprint density at radius 2 is 1.03 bits per heavy atom. The van der Waals surface area contributed by atoms with Crippen LogP contribution in [0.15, 0.2) is 152 Å². The highest BCUT2D eigenvalue weighted by molar-refractivity contribution is 8.00. The number of nitrogens with two attached hydrogens (primary N) is 2. The first-order chi connectivity index (χ1) is 64.7. The molecule has 5 heterocycles. The summed E-state index contributed by atoms with van der Waals surface area (Å²) >= 11 is 0.725. The van der Waals surface area contributed by atoms with Crippen LogP contribution in [0.1, 0.15) is 132 Å². The van der Waals surface area contributed by atoms with Crippen molar-refractivity contribution in [3.8, 4) is 11.5 Å². The molecular weight excluding hydrogens is 1780 g/mol. The summed E-state index contributed by atoms with van der Waals surface area (Å²) in [5.41, 5.74) is 14.9. The smallest absolute Gasteiger partial charge is 0.246 e. The van der Waals surface area contributed by atoms with Gasteiger partial charge >= 0.3 is 0 Å². The summed E-state index contributed by atoms with van der Waals surface area (Å²) in [4.78, 5) is 238. The number of carbonyl (C=O) groups excluding carboxylic acids is 15. The average Bonchev–Trinajstić information content (AvgIpc) is 1.79. The van der Waals surface area contributed by atoms with Gasteiger partial charge in [0.25, 0.3) is 0 Å². The number of para-hydroxylation sites is 1. The topological polar surface area (TPSA) is 476 Å². The van der Waals surface area contributed by atoms with Crippen LogP contribution in [0.3, 0.4) is 0 Å². The van der Waals surface area contributed by atoms with Crippen LogP contribution >= 0.6 is 11.8 Å². The Balaban J connectivity index is 0.985. The van der Waals surface area contributed by atoms with E-state index in [4.69, 9.17) is 11.5 Å². The van der Waals surface area contributed by atoms with Gasteiger partial charge in [0.2, 0.25) is 76.8 Å². The molecule has 0 spiro atoms. The second-order valence-corrected chi connectivity index (χ2v) is 37.6. The van der Waals surface area contributed by atoms with Gasteiger partial charge in [0.1, 0.15) is 71.9 Å². The maximum atomic E-state index is 15.8. The molecule has 4 aliphatic heterocycles. The Morgan fingerprint density at radius 3 is 1.62 bits per heavy atom. The van der Waals surface area contributed by atoms with E-state index < -0.39 is 252 Å². The minimum atomic E-state index is -1.85. The zero-order chi connectivity index (χ0) is 98.6. The minimum absolute atomic E-state index is 0.0330. The molecule has 14 N–H and O–H groups in total. The summed E-state index contributed by atoms with van der Waals surface area (Å²) in [6.07, 6.45) is -3.05. The number of primary amides is 1. The van der Waals surface area contributed by atoms with Crippen molar-refractivity contribution in [3.63, 3.8) is 0 Å². The molecule has 4 aliphatic rings. The van der Waals surface area contributed by atoms with Gasteiger partial charge in [-0.05, 0) is 113 Å². The zero-order valence-corrected chi connectivity index (χ0v) is 78.3. The van der Waals surface area contributed by atoms with E-state index in [1.807, 2.05) is 6.92 Å². The van der Waals surface area contributed by atoms with Gasteiger partial charge in [0.15, 0.2) is 29.0 Å². The molecule has 0 unspecified atom stereocenters. The minimum Gasteiger partial charge on any atom is -0.508 e. The highest BCUT2D eigenvalue weighted by Crippen LogP contribution is 2.33. The van der Waals surface area contributed by atoms with Crippen LogP contribution in [-0.2, 0) is 110 Å². The first kappa shape index (κ1) is 103. The van der Waals surface area contributed by atoms with Crippen LogP contribution in [0, 0.1) is 35.2 Å². The number of aromatic hydroxyl groups is 2. The molecule has 4 saturated heterocycles. The molecule has 33 nitrogen and oxygen atoms in total. The zero-order valence-electron chi connectivity index (χ0n) is 77.4. The van der Waals surface area contributed by atoms with E-state index in [9.17, 15) is 34.1 Å². The van der Waals surface area contributed by atoms with E-state index >= 15 is 66.3 Å². The van der Waals surface area contributed by atoms with E-state index in [1.165, 1.54) is 84.4 Å². The molecule has 1 aromatic heterocycles. The number of fused-ring (bicyclic) bond motifs is 4. The lowest BCUT2D eigenvalue weighted by Crippen LogP contribution is -2.65. The molecule has 0 bridgehead atoms. The molecular formula is C99H122F3N15O18S. The number of halogens is 3. The fraction of sp³-hybridized carbons (Fsp3) is 0.465. The number of amides is 13. The van der Waals surface area contributed by atoms with Crippen molar-refractivity contribution < 1.29 is 100 Å². The van der Waals surface area contributed by atoms with Crippen LogP contribution in [0.5, 0.6) is 11.5 Å². The summed E-state index contributed by atoms with van der Waals surface area (Å²) in [6, 6.07) is 17.7. The van der Waals surface area contributed by atoms with Crippen molar-refractivity contribution in [2.24, 2.45) is 29.2 Å². The van der Waals surface area contributed by atoms with Gasteiger partial charge in [-0.2, -0.15) is 0 Å². The Bertz CT molecular complexity index is 5460. The molecule has 11 rings (SSSR count). The second-order valence-electron chi connectivity index (χ2n) is 36.6. The number of rotatable bonds is 22. The van der Waals surface area contributed by atoms with Crippen molar-refractivity contribution >= 4 is 111 Å². The molecule has 728 valence electrons. The Hall–Kier alpha value is -13.0. The van der Waals surface area contributed by atoms with Crippen LogP contribution in [0.25, 0.3) is 10.9 Å². The van der Waals surface area contributed by atoms with Crippen LogP contribution in [0.4, 0.5) is 13.2 Å². The number of thioether (sulfide) groups is 1. The molecule has 6 aromatic carbocycles. The lowest BCUT2D eigenvalue weighted by molar-refractivity contribution is -0.154. The first-order valence-electron chi connectivity index (χ1n) is 46.0. The number of aliphatic hydroxyl groups is 1. The molecule has 4 fully saturated rings. The number of aliphatic hydroxyl groups excluding tert-OH is 1. The molecule has 13 amide bonds. The quantitative estimate of drug-likeness (QED) is 0.0410. The highest BCUT2D eigenvalue weighted by Gasteiger charge is 2.51. The molecule has 15 atom stereocenters. The summed E-state index contributed by atoms with van der Waals surface area (Å²) in [5.74, 6) is -21.5. The third-order valence-corrected chi connectivity index (χ3v) is 26.7. The fourth-order valence-corrected chi connectivity index (χ4v) is 18.9. The lowest BCUT2D eigenvalue weighted by atomic mass is 9.86. The number of aromatic amines is 1. The van der Waals surface area contributed by atoms with Gasteiger partial charge in [-0.1, -0.05) is 151 Å². The molecule has 136 heavy (non-hydrogen) atoms. The van der Waals surface area contributed by atoms with Gasteiger partial charge in [-0.15, -0.1) is 11.8 Å². The number of nitrogens with zero attached hydrogens (tertiary/aromatic N) is 6.